The zero-order valence-corrected chi connectivity index (χ0v) is 16.6. The number of halogens is 2. The summed E-state index contributed by atoms with van der Waals surface area (Å²) >= 11 is -2.41. The summed E-state index contributed by atoms with van der Waals surface area (Å²) in [5.74, 6) is 0. The lowest BCUT2D eigenvalue weighted by molar-refractivity contribution is 0.127. The van der Waals surface area contributed by atoms with E-state index in [-0.39, 0.29) is 12.2 Å². The van der Waals surface area contributed by atoms with Gasteiger partial charge in [-0.25, -0.2) is 28.0 Å². The van der Waals surface area contributed by atoms with E-state index in [1.54, 1.807) is 36.4 Å². The van der Waals surface area contributed by atoms with Crippen molar-refractivity contribution in [3.63, 3.8) is 0 Å². The molecule has 9 nitrogen and oxygen atoms in total. The molecule has 0 amide bonds. The predicted molar refractivity (Wildman–Crippen MR) is 106 cm³/mol. The zero-order valence-electron chi connectivity index (χ0n) is 15.8. The molecule has 0 aliphatic heterocycles. The van der Waals surface area contributed by atoms with Crippen molar-refractivity contribution in [2.75, 3.05) is 0 Å². The summed E-state index contributed by atoms with van der Waals surface area (Å²) in [5, 5.41) is 13.7. The van der Waals surface area contributed by atoms with Crippen LogP contribution in [0, 0.1) is 11.3 Å². The van der Waals surface area contributed by atoms with Gasteiger partial charge in [0.05, 0.1) is 30.5 Å². The van der Waals surface area contributed by atoms with Crippen molar-refractivity contribution in [2.24, 2.45) is 0 Å². The van der Waals surface area contributed by atoms with E-state index in [1.807, 2.05) is 6.07 Å². The molecule has 0 saturated heterocycles. The minimum absolute atomic E-state index is 0.0712. The number of fused-ring (bicyclic) bond motifs is 1. The molecule has 0 aliphatic carbocycles. The molecule has 0 aliphatic rings. The molecule has 3 aromatic heterocycles. The van der Waals surface area contributed by atoms with Gasteiger partial charge in [0.1, 0.15) is 11.8 Å². The fraction of sp³-hybridized carbons (Fsp3) is 0.158. The van der Waals surface area contributed by atoms with Crippen LogP contribution in [0.2, 0.25) is 0 Å². The molecule has 12 heteroatoms. The average Bonchev–Trinajstić information content (AvgIpc) is 3.35. The molecule has 0 bridgehead atoms. The minimum atomic E-state index is -2.62. The van der Waals surface area contributed by atoms with Crippen molar-refractivity contribution in [3.05, 3.63) is 60.2 Å². The van der Waals surface area contributed by atoms with E-state index in [4.69, 9.17) is 0 Å². The Morgan fingerprint density at radius 1 is 1.26 bits per heavy atom. The van der Waals surface area contributed by atoms with Crippen molar-refractivity contribution in [2.45, 2.75) is 19.5 Å². The largest absolute Gasteiger partial charge is 0.760 e. The molecule has 3 heterocycles. The van der Waals surface area contributed by atoms with Gasteiger partial charge in [-0.15, -0.1) is 0 Å². The van der Waals surface area contributed by atoms with Crippen LogP contribution in [0.4, 0.5) is 8.78 Å². The summed E-state index contributed by atoms with van der Waals surface area (Å²) in [6, 6.07) is 12.2. The highest BCUT2D eigenvalue weighted by atomic mass is 32.2. The maximum absolute atomic E-state index is 13.2. The van der Waals surface area contributed by atoms with Crippen LogP contribution in [0.25, 0.3) is 28.3 Å². The molecular weight excluding hydrogens is 428 g/mol. The van der Waals surface area contributed by atoms with Gasteiger partial charge < -0.3 is 9.12 Å². The maximum Gasteiger partial charge on any atom is 0.256 e. The Labute approximate surface area is 177 Å². The van der Waals surface area contributed by atoms with Crippen molar-refractivity contribution in [1.82, 2.24) is 28.9 Å². The van der Waals surface area contributed by atoms with E-state index >= 15 is 0 Å². The first-order valence-electron chi connectivity index (χ1n) is 8.97. The first-order valence-corrected chi connectivity index (χ1v) is 10.0. The molecule has 31 heavy (non-hydrogen) atoms. The Balaban J connectivity index is 1.84. The number of imidazole rings is 2. The number of hydrogen-bond acceptors (Lipinski definition) is 6. The van der Waals surface area contributed by atoms with Crippen LogP contribution in [0.3, 0.4) is 0 Å². The van der Waals surface area contributed by atoms with Crippen molar-refractivity contribution in [1.29, 1.82) is 5.26 Å². The van der Waals surface area contributed by atoms with Gasteiger partial charge in [0, 0.05) is 23.4 Å². The number of aromatic nitrogens is 5. The topological polar surface area (TPSA) is 124 Å². The molecule has 1 N–H and O–H groups in total. The molecule has 0 spiro atoms. The minimum Gasteiger partial charge on any atom is -0.760 e. The predicted octanol–water partition coefficient (Wildman–Crippen LogP) is 2.28. The second-order valence-corrected chi connectivity index (χ2v) is 7.24. The molecule has 0 saturated carbocycles. The van der Waals surface area contributed by atoms with Gasteiger partial charge in [-0.2, -0.15) is 10.4 Å². The number of alkyl halides is 2. The summed E-state index contributed by atoms with van der Waals surface area (Å²) in [6.45, 7) is -0.519. The normalized spacial score (nSPS) is 12.4. The van der Waals surface area contributed by atoms with Crippen LogP contribution in [0.1, 0.15) is 11.3 Å². The first kappa shape index (κ1) is 20.7. The van der Waals surface area contributed by atoms with Crippen molar-refractivity contribution >= 4 is 16.9 Å². The third-order valence-corrected chi connectivity index (χ3v) is 4.87. The van der Waals surface area contributed by atoms with Crippen molar-refractivity contribution < 1.29 is 17.5 Å². The molecule has 0 radical (unpaired) electrons. The van der Waals surface area contributed by atoms with Gasteiger partial charge in [0.2, 0.25) is 0 Å². The van der Waals surface area contributed by atoms with Crippen LogP contribution >= 0.6 is 0 Å². The van der Waals surface area contributed by atoms with Crippen LogP contribution in [0.5, 0.6) is 0 Å². The number of hydrogen-bond donors (Lipinski definition) is 1. The summed E-state index contributed by atoms with van der Waals surface area (Å²) in [4.78, 5) is 8.41. The Morgan fingerprint density at radius 3 is 2.84 bits per heavy atom. The van der Waals surface area contributed by atoms with Crippen LogP contribution in [-0.4, -0.2) is 39.3 Å². The van der Waals surface area contributed by atoms with E-state index < -0.39 is 24.2 Å². The zero-order chi connectivity index (χ0) is 22.0. The smallest absolute Gasteiger partial charge is 0.256 e. The highest BCUT2D eigenvalue weighted by Gasteiger charge is 2.20. The number of nitrogens with one attached hydrogen (secondary N) is 1. The first-order chi connectivity index (χ1) is 15.0. The second-order valence-electron chi connectivity index (χ2n) is 6.49. The van der Waals surface area contributed by atoms with Crippen LogP contribution < -0.4 is 4.72 Å². The molecule has 1 atom stereocenters. The van der Waals surface area contributed by atoms with Gasteiger partial charge in [-0.05, 0) is 23.8 Å². The summed E-state index contributed by atoms with van der Waals surface area (Å²) in [5.41, 5.74) is 3.00. The molecule has 4 aromatic rings. The SMILES string of the molecule is N#Cc1cnc2ccc(-c3c(-c4cccc(CNS(=O)[O-])c4)ncn3CC(F)F)nn12. The van der Waals surface area contributed by atoms with Gasteiger partial charge in [-0.1, -0.05) is 18.2 Å². The highest BCUT2D eigenvalue weighted by Crippen LogP contribution is 2.31. The Hall–Kier alpha value is -3.53. The maximum atomic E-state index is 13.2. The van der Waals surface area contributed by atoms with Gasteiger partial charge in [0.15, 0.2) is 11.3 Å². The molecule has 158 valence electrons. The highest BCUT2D eigenvalue weighted by molar-refractivity contribution is 7.77. The summed E-state index contributed by atoms with van der Waals surface area (Å²) in [6.07, 6.45) is 0.0642. The van der Waals surface area contributed by atoms with Gasteiger partial charge >= 0.3 is 0 Å². The number of benzene rings is 1. The lowest BCUT2D eigenvalue weighted by atomic mass is 10.1. The van der Waals surface area contributed by atoms with E-state index in [1.165, 1.54) is 21.6 Å². The van der Waals surface area contributed by atoms with E-state index in [0.29, 0.717) is 33.9 Å². The van der Waals surface area contributed by atoms with E-state index in [0.717, 1.165) is 0 Å². The number of nitrogens with zero attached hydrogens (tertiary/aromatic N) is 6. The lowest BCUT2D eigenvalue weighted by Gasteiger charge is -2.11. The number of nitriles is 1. The second kappa shape index (κ2) is 8.68. The lowest BCUT2D eigenvalue weighted by Crippen LogP contribution is -2.15. The fourth-order valence-corrected chi connectivity index (χ4v) is 3.48. The number of rotatable bonds is 7. The standard InChI is InChI=1S/C19H15F2N7O2S/c20-16(21)10-27-11-24-18(13-3-1-2-12(6-13)8-25-31(29)30)19(27)15-4-5-17-23-9-14(7-22)28(17)26-15/h1-6,9,11,16,25H,8,10H2,(H,29,30)/p-1. The van der Waals surface area contributed by atoms with Crippen molar-refractivity contribution in [3.8, 4) is 28.7 Å². The molecule has 4 rings (SSSR count). The van der Waals surface area contributed by atoms with Gasteiger partial charge in [-0.3, -0.25) is 4.21 Å². The average molecular weight is 442 g/mol. The molecule has 0 fully saturated rings. The third-order valence-electron chi connectivity index (χ3n) is 4.49. The van der Waals surface area contributed by atoms with E-state index in [2.05, 4.69) is 19.8 Å². The Morgan fingerprint density at radius 2 is 2.10 bits per heavy atom. The quantitative estimate of drug-likeness (QED) is 0.438. The van der Waals surface area contributed by atoms with Crippen LogP contribution in [-0.2, 0) is 24.4 Å². The summed E-state index contributed by atoms with van der Waals surface area (Å²) < 4.78 is 52.9. The third kappa shape index (κ3) is 4.33. The van der Waals surface area contributed by atoms with Crippen LogP contribution in [0.15, 0.2) is 48.9 Å². The molecular formula is C19H14F2N7O2S-. The summed E-state index contributed by atoms with van der Waals surface area (Å²) in [7, 11) is 0. The molecule has 1 unspecified atom stereocenters. The fourth-order valence-electron chi connectivity index (χ4n) is 3.20. The van der Waals surface area contributed by atoms with Gasteiger partial charge in [0.25, 0.3) is 6.43 Å². The van der Waals surface area contributed by atoms with E-state index in [9.17, 15) is 22.8 Å². The Bertz CT molecular complexity index is 1310. The monoisotopic (exact) mass is 442 g/mol. The Kier molecular flexibility index (Phi) is 5.81. The molecule has 1 aromatic carbocycles.